The van der Waals surface area contributed by atoms with Crippen molar-refractivity contribution in [3.05, 3.63) is 28.8 Å². The summed E-state index contributed by atoms with van der Waals surface area (Å²) in [4.78, 5) is 4.30. The quantitative estimate of drug-likeness (QED) is 0.859. The number of hydrogen-bond donors (Lipinski definition) is 1. The van der Waals surface area contributed by atoms with Gasteiger partial charge in [0.1, 0.15) is 0 Å². The van der Waals surface area contributed by atoms with Crippen molar-refractivity contribution >= 4 is 5.95 Å². The number of aromatic nitrogens is 5. The predicted octanol–water partition coefficient (Wildman–Crippen LogP) is 1.14. The molecule has 0 bridgehead atoms. The third-order valence-corrected chi connectivity index (χ3v) is 2.62. The van der Waals surface area contributed by atoms with Gasteiger partial charge in [-0.1, -0.05) is 0 Å². The average Bonchev–Trinajstić information content (AvgIpc) is 2.59. The lowest BCUT2D eigenvalue weighted by Gasteiger charge is -2.04. The molecule has 0 spiro atoms. The standard InChI is InChI=1S/C11H16N6/c1-7-6-17(4)16-10(7)5-12-11-13-8(2)9(3)14-15-11/h6H,5H2,1-4H3,(H,12,13,15). The van der Waals surface area contributed by atoms with E-state index in [2.05, 4.69) is 25.6 Å². The van der Waals surface area contributed by atoms with Gasteiger partial charge in [0.05, 0.1) is 23.6 Å². The Labute approximate surface area is 100 Å². The molecule has 0 amide bonds. The molecule has 6 heteroatoms. The first-order valence-electron chi connectivity index (χ1n) is 5.47. The molecule has 0 unspecified atom stereocenters. The molecule has 1 N–H and O–H groups in total. The summed E-state index contributed by atoms with van der Waals surface area (Å²) in [5.41, 5.74) is 3.89. The lowest BCUT2D eigenvalue weighted by molar-refractivity contribution is 0.745. The molecule has 0 radical (unpaired) electrons. The van der Waals surface area contributed by atoms with Crippen LogP contribution in [0.15, 0.2) is 6.20 Å². The normalized spacial score (nSPS) is 10.6. The molecule has 0 aliphatic rings. The first kappa shape index (κ1) is 11.5. The molecule has 0 aliphatic heterocycles. The van der Waals surface area contributed by atoms with Crippen LogP contribution in [0.5, 0.6) is 0 Å². The highest BCUT2D eigenvalue weighted by Gasteiger charge is 2.05. The molecular formula is C11H16N6. The van der Waals surface area contributed by atoms with Crippen LogP contribution < -0.4 is 5.32 Å². The highest BCUT2D eigenvalue weighted by atomic mass is 15.3. The van der Waals surface area contributed by atoms with Crippen LogP contribution in [0.25, 0.3) is 0 Å². The Bertz CT molecular complexity index is 531. The molecule has 2 aromatic rings. The van der Waals surface area contributed by atoms with Crippen molar-refractivity contribution in [2.75, 3.05) is 5.32 Å². The van der Waals surface area contributed by atoms with E-state index in [1.54, 1.807) is 4.68 Å². The van der Waals surface area contributed by atoms with Crippen LogP contribution in [0, 0.1) is 20.8 Å². The SMILES string of the molecule is Cc1cn(C)nc1CNc1nnc(C)c(C)n1. The number of aryl methyl sites for hydroxylation is 4. The van der Waals surface area contributed by atoms with Crippen LogP contribution in [0.1, 0.15) is 22.6 Å². The second-order valence-corrected chi connectivity index (χ2v) is 4.09. The zero-order valence-electron chi connectivity index (χ0n) is 10.5. The van der Waals surface area contributed by atoms with E-state index in [1.807, 2.05) is 34.0 Å². The molecule has 0 aromatic carbocycles. The summed E-state index contributed by atoms with van der Waals surface area (Å²) in [6.07, 6.45) is 1.98. The van der Waals surface area contributed by atoms with E-state index in [-0.39, 0.29) is 0 Å². The van der Waals surface area contributed by atoms with Gasteiger partial charge >= 0.3 is 0 Å². The molecule has 2 aromatic heterocycles. The lowest BCUT2D eigenvalue weighted by Crippen LogP contribution is -2.08. The van der Waals surface area contributed by atoms with Gasteiger partial charge in [-0.2, -0.15) is 10.2 Å². The fourth-order valence-corrected chi connectivity index (χ4v) is 1.52. The van der Waals surface area contributed by atoms with Crippen molar-refractivity contribution in [1.29, 1.82) is 0 Å². The van der Waals surface area contributed by atoms with Crippen molar-refractivity contribution in [2.45, 2.75) is 27.3 Å². The average molecular weight is 232 g/mol. The maximum Gasteiger partial charge on any atom is 0.243 e. The molecule has 2 heterocycles. The smallest absolute Gasteiger partial charge is 0.243 e. The Morgan fingerprint density at radius 3 is 2.53 bits per heavy atom. The Kier molecular flexibility index (Phi) is 3.03. The van der Waals surface area contributed by atoms with Gasteiger partial charge in [0, 0.05) is 13.2 Å². The molecule has 0 saturated heterocycles. The summed E-state index contributed by atoms with van der Waals surface area (Å²) >= 11 is 0. The first-order chi connectivity index (χ1) is 8.06. The highest BCUT2D eigenvalue weighted by Crippen LogP contribution is 2.07. The number of nitrogens with one attached hydrogen (secondary N) is 1. The molecule has 2 rings (SSSR count). The van der Waals surface area contributed by atoms with Crippen LogP contribution in [-0.2, 0) is 13.6 Å². The van der Waals surface area contributed by atoms with Gasteiger partial charge in [-0.15, -0.1) is 5.10 Å². The molecule has 17 heavy (non-hydrogen) atoms. The number of rotatable bonds is 3. The topological polar surface area (TPSA) is 68.5 Å². The van der Waals surface area contributed by atoms with Gasteiger partial charge in [0.25, 0.3) is 0 Å². The third kappa shape index (κ3) is 2.58. The van der Waals surface area contributed by atoms with Crippen LogP contribution >= 0.6 is 0 Å². The molecular weight excluding hydrogens is 216 g/mol. The molecule has 90 valence electrons. The zero-order valence-corrected chi connectivity index (χ0v) is 10.5. The van der Waals surface area contributed by atoms with Crippen molar-refractivity contribution in [1.82, 2.24) is 25.0 Å². The maximum absolute atomic E-state index is 4.34. The van der Waals surface area contributed by atoms with Crippen molar-refractivity contribution in [3.63, 3.8) is 0 Å². The van der Waals surface area contributed by atoms with Gasteiger partial charge in [-0.05, 0) is 26.3 Å². The van der Waals surface area contributed by atoms with Gasteiger partial charge < -0.3 is 5.32 Å². The van der Waals surface area contributed by atoms with Crippen LogP contribution in [0.4, 0.5) is 5.95 Å². The monoisotopic (exact) mass is 232 g/mol. The van der Waals surface area contributed by atoms with E-state index in [9.17, 15) is 0 Å². The van der Waals surface area contributed by atoms with Crippen molar-refractivity contribution in [3.8, 4) is 0 Å². The van der Waals surface area contributed by atoms with Crippen molar-refractivity contribution in [2.24, 2.45) is 7.05 Å². The number of nitrogens with zero attached hydrogens (tertiary/aromatic N) is 5. The van der Waals surface area contributed by atoms with Gasteiger partial charge in [-0.25, -0.2) is 4.98 Å². The molecule has 6 nitrogen and oxygen atoms in total. The van der Waals surface area contributed by atoms with Gasteiger partial charge in [0.2, 0.25) is 5.95 Å². The van der Waals surface area contributed by atoms with Gasteiger partial charge in [-0.3, -0.25) is 4.68 Å². The molecule has 0 saturated carbocycles. The van der Waals surface area contributed by atoms with E-state index in [1.165, 1.54) is 0 Å². The Hall–Kier alpha value is -1.98. The van der Waals surface area contributed by atoms with Crippen LogP contribution in [-0.4, -0.2) is 25.0 Å². The highest BCUT2D eigenvalue weighted by molar-refractivity contribution is 5.27. The largest absolute Gasteiger partial charge is 0.347 e. The van der Waals surface area contributed by atoms with E-state index < -0.39 is 0 Å². The van der Waals surface area contributed by atoms with E-state index in [0.29, 0.717) is 12.5 Å². The second-order valence-electron chi connectivity index (χ2n) is 4.09. The summed E-state index contributed by atoms with van der Waals surface area (Å²) in [6, 6.07) is 0. The van der Waals surface area contributed by atoms with Crippen LogP contribution in [0.2, 0.25) is 0 Å². The Morgan fingerprint density at radius 2 is 1.94 bits per heavy atom. The summed E-state index contributed by atoms with van der Waals surface area (Å²) in [5.74, 6) is 0.540. The second kappa shape index (κ2) is 4.48. The summed E-state index contributed by atoms with van der Waals surface area (Å²) in [5, 5.41) is 15.5. The maximum atomic E-state index is 4.34. The summed E-state index contributed by atoms with van der Waals surface area (Å²) < 4.78 is 1.80. The summed E-state index contributed by atoms with van der Waals surface area (Å²) in [7, 11) is 1.91. The fraction of sp³-hybridized carbons (Fsp3) is 0.455. The minimum Gasteiger partial charge on any atom is -0.347 e. The van der Waals surface area contributed by atoms with E-state index in [4.69, 9.17) is 0 Å². The van der Waals surface area contributed by atoms with Crippen molar-refractivity contribution < 1.29 is 0 Å². The molecule has 0 atom stereocenters. The minimum absolute atomic E-state index is 0.540. The lowest BCUT2D eigenvalue weighted by atomic mass is 10.3. The number of hydrogen-bond acceptors (Lipinski definition) is 5. The Balaban J connectivity index is 2.07. The predicted molar refractivity (Wildman–Crippen MR) is 64.6 cm³/mol. The third-order valence-electron chi connectivity index (χ3n) is 2.62. The van der Waals surface area contributed by atoms with E-state index in [0.717, 1.165) is 22.6 Å². The minimum atomic E-state index is 0.540. The fourth-order valence-electron chi connectivity index (χ4n) is 1.52. The Morgan fingerprint density at radius 1 is 1.18 bits per heavy atom. The molecule has 0 aliphatic carbocycles. The van der Waals surface area contributed by atoms with Crippen LogP contribution in [0.3, 0.4) is 0 Å². The first-order valence-corrected chi connectivity index (χ1v) is 5.47. The van der Waals surface area contributed by atoms with Gasteiger partial charge in [0.15, 0.2) is 0 Å². The number of anilines is 1. The molecule has 0 fully saturated rings. The summed E-state index contributed by atoms with van der Waals surface area (Å²) in [6.45, 7) is 6.45. The van der Waals surface area contributed by atoms with E-state index >= 15 is 0 Å². The zero-order chi connectivity index (χ0) is 12.4.